The molecule has 2 saturated heterocycles. The van der Waals surface area contributed by atoms with Crippen molar-refractivity contribution in [2.45, 2.75) is 58.5 Å². The molecule has 1 unspecified atom stereocenters. The van der Waals surface area contributed by atoms with Gasteiger partial charge in [0.05, 0.1) is 5.92 Å². The van der Waals surface area contributed by atoms with E-state index >= 15 is 0 Å². The first-order valence-electron chi connectivity index (χ1n) is 10.7. The van der Waals surface area contributed by atoms with E-state index in [2.05, 4.69) is 25.7 Å². The highest BCUT2D eigenvalue weighted by Crippen LogP contribution is 2.38. The maximum Gasteiger partial charge on any atom is 0.227 e. The van der Waals surface area contributed by atoms with E-state index < -0.39 is 17.6 Å². The summed E-state index contributed by atoms with van der Waals surface area (Å²) in [6.45, 7) is 12.4. The topological polar surface area (TPSA) is 43.9 Å². The van der Waals surface area contributed by atoms with Crippen molar-refractivity contribution in [2.24, 2.45) is 5.92 Å². The maximum atomic E-state index is 14.6. The van der Waals surface area contributed by atoms with Crippen LogP contribution in [0.2, 0.25) is 0 Å². The molecule has 0 N–H and O–H groups in total. The number of halogens is 2. The molecule has 2 heterocycles. The van der Waals surface area contributed by atoms with E-state index in [4.69, 9.17) is 0 Å². The Morgan fingerprint density at radius 2 is 1.77 bits per heavy atom. The molecule has 0 spiro atoms. The highest BCUT2D eigenvalue weighted by Gasteiger charge is 2.44. The third-order valence-electron chi connectivity index (χ3n) is 6.62. The van der Waals surface area contributed by atoms with E-state index in [9.17, 15) is 18.4 Å². The largest absolute Gasteiger partial charge is 0.341 e. The van der Waals surface area contributed by atoms with Crippen LogP contribution in [0, 0.1) is 17.6 Å². The standard InChI is InChI=1S/C23H33F2N3O2/c1-15-8-9-26(10-11-28(15)16(2)29)22(30)20-14-27(23(3,4)5)13-19(20)18-7-6-17(24)12-21(18)25/h6-7,12,15,19-20H,8-11,13-14H2,1-5H3/t15?,19-,20+/m0/s1. The van der Waals surface area contributed by atoms with E-state index in [1.165, 1.54) is 12.1 Å². The smallest absolute Gasteiger partial charge is 0.227 e. The van der Waals surface area contributed by atoms with E-state index in [-0.39, 0.29) is 29.3 Å². The first-order valence-corrected chi connectivity index (χ1v) is 10.7. The van der Waals surface area contributed by atoms with E-state index in [0.29, 0.717) is 38.3 Å². The predicted molar refractivity (Wildman–Crippen MR) is 112 cm³/mol. The highest BCUT2D eigenvalue weighted by molar-refractivity contribution is 5.81. The molecule has 0 aliphatic carbocycles. The molecule has 1 aromatic rings. The summed E-state index contributed by atoms with van der Waals surface area (Å²) in [7, 11) is 0. The zero-order chi connectivity index (χ0) is 22.2. The second-order valence-electron chi connectivity index (χ2n) is 9.63. The summed E-state index contributed by atoms with van der Waals surface area (Å²) in [5, 5.41) is 0. The minimum Gasteiger partial charge on any atom is -0.341 e. The van der Waals surface area contributed by atoms with Crippen molar-refractivity contribution >= 4 is 11.8 Å². The third-order valence-corrected chi connectivity index (χ3v) is 6.62. The quantitative estimate of drug-likeness (QED) is 0.736. The van der Waals surface area contributed by atoms with Gasteiger partial charge in [-0.1, -0.05) is 6.07 Å². The molecule has 0 radical (unpaired) electrons. The van der Waals surface area contributed by atoms with Crippen LogP contribution >= 0.6 is 0 Å². The Labute approximate surface area is 178 Å². The lowest BCUT2D eigenvalue weighted by atomic mass is 9.87. The molecular formula is C23H33F2N3O2. The number of hydrogen-bond acceptors (Lipinski definition) is 3. The van der Waals surface area contributed by atoms with Crippen molar-refractivity contribution in [2.75, 3.05) is 32.7 Å². The normalized spacial score (nSPS) is 26.0. The molecule has 3 rings (SSSR count). The number of benzene rings is 1. The number of carbonyl (C=O) groups excluding carboxylic acids is 2. The Kier molecular flexibility index (Phi) is 6.51. The Bertz CT molecular complexity index is 808. The van der Waals surface area contributed by atoms with Gasteiger partial charge in [0.1, 0.15) is 11.6 Å². The monoisotopic (exact) mass is 421 g/mol. The fraction of sp³-hybridized carbons (Fsp3) is 0.652. The van der Waals surface area contributed by atoms with Gasteiger partial charge in [0.25, 0.3) is 0 Å². The average molecular weight is 422 g/mol. The number of amides is 2. The van der Waals surface area contributed by atoms with E-state index in [1.54, 1.807) is 11.8 Å². The lowest BCUT2D eigenvalue weighted by molar-refractivity contribution is -0.136. The van der Waals surface area contributed by atoms with Crippen molar-refractivity contribution < 1.29 is 18.4 Å². The first kappa shape index (κ1) is 22.7. The first-order chi connectivity index (χ1) is 14.0. The lowest BCUT2D eigenvalue weighted by Crippen LogP contribution is -2.43. The summed E-state index contributed by atoms with van der Waals surface area (Å²) in [6, 6.07) is 3.72. The Morgan fingerprint density at radius 1 is 1.07 bits per heavy atom. The van der Waals surface area contributed by atoms with Crippen molar-refractivity contribution in [3.63, 3.8) is 0 Å². The fourth-order valence-electron chi connectivity index (χ4n) is 4.70. The van der Waals surface area contributed by atoms with Crippen LogP contribution in [-0.4, -0.2) is 70.8 Å². The molecule has 0 bridgehead atoms. The van der Waals surface area contributed by atoms with Crippen LogP contribution in [0.4, 0.5) is 8.78 Å². The Morgan fingerprint density at radius 3 is 2.37 bits per heavy atom. The van der Waals surface area contributed by atoms with Gasteiger partial charge in [-0.3, -0.25) is 14.5 Å². The molecule has 3 atom stereocenters. The van der Waals surface area contributed by atoms with Crippen LogP contribution < -0.4 is 0 Å². The van der Waals surface area contributed by atoms with Crippen molar-refractivity contribution in [3.05, 3.63) is 35.4 Å². The summed E-state index contributed by atoms with van der Waals surface area (Å²) < 4.78 is 28.1. The van der Waals surface area contributed by atoms with Gasteiger partial charge in [-0.2, -0.15) is 0 Å². The van der Waals surface area contributed by atoms with Gasteiger partial charge >= 0.3 is 0 Å². The van der Waals surface area contributed by atoms with Crippen LogP contribution in [0.1, 0.15) is 52.5 Å². The number of carbonyl (C=O) groups is 2. The number of nitrogens with zero attached hydrogens (tertiary/aromatic N) is 3. The second-order valence-corrected chi connectivity index (χ2v) is 9.63. The average Bonchev–Trinajstić information content (AvgIpc) is 2.99. The van der Waals surface area contributed by atoms with Gasteiger partial charge in [0.2, 0.25) is 11.8 Å². The summed E-state index contributed by atoms with van der Waals surface area (Å²) in [5.41, 5.74) is 0.234. The minimum atomic E-state index is -0.615. The number of likely N-dealkylation sites (tertiary alicyclic amines) is 1. The zero-order valence-corrected chi connectivity index (χ0v) is 18.6. The molecule has 30 heavy (non-hydrogen) atoms. The van der Waals surface area contributed by atoms with Gasteiger partial charge < -0.3 is 9.80 Å². The van der Waals surface area contributed by atoms with Crippen LogP contribution in [0.3, 0.4) is 0 Å². The molecule has 2 fully saturated rings. The summed E-state index contributed by atoms with van der Waals surface area (Å²) in [6.07, 6.45) is 0.719. The molecule has 1 aromatic carbocycles. The summed E-state index contributed by atoms with van der Waals surface area (Å²) in [4.78, 5) is 31.3. The SMILES string of the molecule is CC(=O)N1CCN(C(=O)[C@@H]2CN(C(C)(C)C)C[C@H]2c2ccc(F)cc2F)CCC1C. The maximum absolute atomic E-state index is 14.6. The van der Waals surface area contributed by atoms with Crippen molar-refractivity contribution in [3.8, 4) is 0 Å². The molecule has 0 saturated carbocycles. The third kappa shape index (κ3) is 4.66. The van der Waals surface area contributed by atoms with Crippen LogP contribution in [0.5, 0.6) is 0 Å². The van der Waals surface area contributed by atoms with Gasteiger partial charge in [-0.25, -0.2) is 8.78 Å². The van der Waals surface area contributed by atoms with Crippen LogP contribution in [0.15, 0.2) is 18.2 Å². The highest BCUT2D eigenvalue weighted by atomic mass is 19.1. The molecule has 2 aliphatic rings. The number of rotatable bonds is 2. The van der Waals surface area contributed by atoms with Crippen molar-refractivity contribution in [1.82, 2.24) is 14.7 Å². The van der Waals surface area contributed by atoms with E-state index in [0.717, 1.165) is 12.5 Å². The molecule has 2 amide bonds. The molecule has 0 aromatic heterocycles. The Balaban J connectivity index is 1.86. The van der Waals surface area contributed by atoms with Crippen molar-refractivity contribution in [1.29, 1.82) is 0 Å². The van der Waals surface area contributed by atoms with Crippen LogP contribution in [-0.2, 0) is 9.59 Å². The lowest BCUT2D eigenvalue weighted by Gasteiger charge is -2.32. The molecular weight excluding hydrogens is 388 g/mol. The molecule has 5 nitrogen and oxygen atoms in total. The van der Waals surface area contributed by atoms with Gasteiger partial charge in [-0.05, 0) is 45.7 Å². The fourth-order valence-corrected chi connectivity index (χ4v) is 4.70. The molecule has 2 aliphatic heterocycles. The zero-order valence-electron chi connectivity index (χ0n) is 18.6. The van der Waals surface area contributed by atoms with Crippen LogP contribution in [0.25, 0.3) is 0 Å². The molecule has 7 heteroatoms. The predicted octanol–water partition coefficient (Wildman–Crippen LogP) is 3.25. The van der Waals surface area contributed by atoms with Gasteiger partial charge in [0.15, 0.2) is 0 Å². The summed E-state index contributed by atoms with van der Waals surface area (Å²) >= 11 is 0. The molecule has 166 valence electrons. The second kappa shape index (κ2) is 8.61. The summed E-state index contributed by atoms with van der Waals surface area (Å²) in [5.74, 6) is -1.93. The number of hydrogen-bond donors (Lipinski definition) is 0. The Hall–Kier alpha value is -2.02. The minimum absolute atomic E-state index is 0.00641. The van der Waals surface area contributed by atoms with Gasteiger partial charge in [0, 0.05) is 63.2 Å². The van der Waals surface area contributed by atoms with Gasteiger partial charge in [-0.15, -0.1) is 0 Å². The van der Waals surface area contributed by atoms with E-state index in [1.807, 2.05) is 11.8 Å².